The van der Waals surface area contributed by atoms with Crippen LogP contribution in [0.15, 0.2) is 30.3 Å². The first-order valence-corrected chi connectivity index (χ1v) is 6.70. The summed E-state index contributed by atoms with van der Waals surface area (Å²) in [7, 11) is 1.24. The van der Waals surface area contributed by atoms with Crippen LogP contribution in [0.3, 0.4) is 0 Å². The number of nitrogens with zero attached hydrogens (tertiary/aromatic N) is 1. The SMILES string of the molecule is CN(O)C(=O)Nc1cccc(Nc2cc(=S)[nH]c(=S)[nH]2)c1. The van der Waals surface area contributed by atoms with Gasteiger partial charge in [-0.25, -0.2) is 9.86 Å². The summed E-state index contributed by atoms with van der Waals surface area (Å²) >= 11 is 10.0. The number of nitrogens with one attached hydrogen (secondary N) is 4. The highest BCUT2D eigenvalue weighted by Crippen LogP contribution is 2.19. The third kappa shape index (κ3) is 4.38. The Kier molecular flexibility index (Phi) is 4.68. The highest BCUT2D eigenvalue weighted by molar-refractivity contribution is 7.72. The quantitative estimate of drug-likeness (QED) is 0.339. The molecule has 0 bridgehead atoms. The number of carbonyl (C=O) groups is 1. The molecule has 0 atom stereocenters. The highest BCUT2D eigenvalue weighted by atomic mass is 32.1. The number of hydrogen-bond donors (Lipinski definition) is 5. The Morgan fingerprint density at radius 1 is 1.24 bits per heavy atom. The predicted molar refractivity (Wildman–Crippen MR) is 85.1 cm³/mol. The van der Waals surface area contributed by atoms with E-state index < -0.39 is 6.03 Å². The molecule has 0 aliphatic rings. The molecule has 7 nitrogen and oxygen atoms in total. The van der Waals surface area contributed by atoms with Crippen molar-refractivity contribution in [1.29, 1.82) is 0 Å². The monoisotopic (exact) mass is 323 g/mol. The molecule has 1 aromatic carbocycles. The summed E-state index contributed by atoms with van der Waals surface area (Å²) < 4.78 is 0.920. The molecule has 0 unspecified atom stereocenters. The van der Waals surface area contributed by atoms with E-state index in [4.69, 9.17) is 29.6 Å². The molecular weight excluding hydrogens is 310 g/mol. The number of H-pyrrole nitrogens is 2. The normalized spacial score (nSPS) is 10.0. The van der Waals surface area contributed by atoms with E-state index in [-0.39, 0.29) is 0 Å². The second-order valence-electron chi connectivity index (χ2n) is 4.16. The first-order valence-electron chi connectivity index (χ1n) is 5.88. The van der Waals surface area contributed by atoms with Crippen molar-refractivity contribution in [2.75, 3.05) is 17.7 Å². The molecule has 0 saturated heterocycles. The van der Waals surface area contributed by atoms with Crippen molar-refractivity contribution in [3.63, 3.8) is 0 Å². The van der Waals surface area contributed by atoms with Crippen LogP contribution in [0.4, 0.5) is 22.0 Å². The van der Waals surface area contributed by atoms with Crippen molar-refractivity contribution in [2.45, 2.75) is 0 Å². The molecule has 0 aliphatic heterocycles. The van der Waals surface area contributed by atoms with Gasteiger partial charge in [0.25, 0.3) is 0 Å². The zero-order valence-corrected chi connectivity index (χ0v) is 12.6. The number of amides is 2. The minimum absolute atomic E-state index is 0.413. The minimum Gasteiger partial charge on any atom is -0.342 e. The number of aromatic nitrogens is 2. The highest BCUT2D eigenvalue weighted by Gasteiger charge is 2.05. The van der Waals surface area contributed by atoms with Crippen molar-refractivity contribution in [3.8, 4) is 0 Å². The van der Waals surface area contributed by atoms with Gasteiger partial charge in [0.2, 0.25) is 0 Å². The van der Waals surface area contributed by atoms with Crippen LogP contribution < -0.4 is 10.6 Å². The van der Waals surface area contributed by atoms with E-state index in [0.717, 1.165) is 5.69 Å². The van der Waals surface area contributed by atoms with Gasteiger partial charge in [-0.1, -0.05) is 18.3 Å². The summed E-state index contributed by atoms with van der Waals surface area (Å²) in [6.07, 6.45) is 0. The Bertz CT molecular complexity index is 740. The predicted octanol–water partition coefficient (Wildman–Crippen LogP) is 3.40. The number of aromatic amines is 2. The van der Waals surface area contributed by atoms with Gasteiger partial charge in [-0.15, -0.1) is 0 Å². The van der Waals surface area contributed by atoms with Gasteiger partial charge in [0, 0.05) is 24.5 Å². The Balaban J connectivity index is 2.19. The second kappa shape index (κ2) is 6.48. The Morgan fingerprint density at radius 2 is 1.95 bits per heavy atom. The molecule has 0 radical (unpaired) electrons. The zero-order valence-electron chi connectivity index (χ0n) is 11.0. The lowest BCUT2D eigenvalue weighted by Gasteiger charge is -2.12. The number of hydroxylamine groups is 2. The van der Waals surface area contributed by atoms with Gasteiger partial charge in [0.1, 0.15) is 10.5 Å². The van der Waals surface area contributed by atoms with E-state index in [0.29, 0.717) is 26.0 Å². The molecule has 0 aliphatic carbocycles. The van der Waals surface area contributed by atoms with Crippen LogP contribution in [0.1, 0.15) is 0 Å². The van der Waals surface area contributed by atoms with Crippen molar-refractivity contribution in [2.24, 2.45) is 0 Å². The van der Waals surface area contributed by atoms with Crippen LogP contribution in [0.5, 0.6) is 0 Å². The maximum atomic E-state index is 11.4. The number of benzene rings is 1. The Morgan fingerprint density at radius 3 is 2.62 bits per heavy atom. The van der Waals surface area contributed by atoms with E-state index >= 15 is 0 Å². The van der Waals surface area contributed by atoms with Crippen molar-refractivity contribution in [3.05, 3.63) is 39.7 Å². The standard InChI is InChI=1S/C12H13N5O2S2/c1-17(19)12(18)14-8-4-2-3-7(5-8)13-9-6-10(20)16-11(21)15-9/h2-6,19H,1H3,(H,14,18)(H3,13,15,16,20,21). The van der Waals surface area contributed by atoms with Crippen LogP contribution in [0.2, 0.25) is 0 Å². The van der Waals surface area contributed by atoms with Crippen LogP contribution in [-0.4, -0.2) is 33.3 Å². The summed E-state index contributed by atoms with van der Waals surface area (Å²) in [6, 6.07) is 8.04. The van der Waals surface area contributed by atoms with Crippen LogP contribution in [0.25, 0.3) is 0 Å². The molecule has 5 N–H and O–H groups in total. The van der Waals surface area contributed by atoms with Crippen molar-refractivity contribution in [1.82, 2.24) is 15.0 Å². The minimum atomic E-state index is -0.631. The number of anilines is 3. The number of urea groups is 1. The largest absolute Gasteiger partial charge is 0.345 e. The van der Waals surface area contributed by atoms with Crippen molar-refractivity contribution >= 4 is 47.7 Å². The number of hydrogen-bond acceptors (Lipinski definition) is 5. The molecule has 110 valence electrons. The fourth-order valence-corrected chi connectivity index (χ4v) is 2.08. The zero-order chi connectivity index (χ0) is 15.4. The van der Waals surface area contributed by atoms with E-state index in [1.807, 2.05) is 6.07 Å². The molecule has 2 aromatic rings. The Hall–Kier alpha value is -2.23. The summed E-state index contributed by atoms with van der Waals surface area (Å²) in [5.41, 5.74) is 1.25. The van der Waals surface area contributed by atoms with E-state index in [1.165, 1.54) is 7.05 Å². The lowest BCUT2D eigenvalue weighted by Crippen LogP contribution is -2.27. The van der Waals surface area contributed by atoms with E-state index in [9.17, 15) is 4.79 Å². The first-order chi connectivity index (χ1) is 9.94. The fraction of sp³-hybridized carbons (Fsp3) is 0.0833. The second-order valence-corrected chi connectivity index (χ2v) is 5.01. The first kappa shape index (κ1) is 15.2. The molecule has 1 aromatic heterocycles. The van der Waals surface area contributed by atoms with Gasteiger partial charge >= 0.3 is 6.03 Å². The van der Waals surface area contributed by atoms with Crippen LogP contribution in [0, 0.1) is 9.41 Å². The van der Waals surface area contributed by atoms with E-state index in [1.54, 1.807) is 24.3 Å². The average molecular weight is 323 g/mol. The lowest BCUT2D eigenvalue weighted by molar-refractivity contribution is -0.0118. The molecule has 0 spiro atoms. The molecule has 0 fully saturated rings. The van der Waals surface area contributed by atoms with Gasteiger partial charge in [-0.2, -0.15) is 0 Å². The molecule has 2 amide bonds. The molecular formula is C12H13N5O2S2. The van der Waals surface area contributed by atoms with E-state index in [2.05, 4.69) is 20.6 Å². The molecule has 21 heavy (non-hydrogen) atoms. The molecule has 9 heteroatoms. The number of rotatable bonds is 3. The fourth-order valence-electron chi connectivity index (χ4n) is 1.57. The van der Waals surface area contributed by atoms with Gasteiger partial charge in [-0.05, 0) is 30.4 Å². The van der Waals surface area contributed by atoms with Crippen LogP contribution in [-0.2, 0) is 0 Å². The summed E-state index contributed by atoms with van der Waals surface area (Å²) in [5.74, 6) is 0.631. The Labute approximate surface area is 130 Å². The maximum absolute atomic E-state index is 11.4. The summed E-state index contributed by atoms with van der Waals surface area (Å²) in [4.78, 5) is 17.1. The van der Waals surface area contributed by atoms with Gasteiger partial charge in [0.15, 0.2) is 4.77 Å². The third-order valence-corrected chi connectivity index (χ3v) is 2.87. The smallest absolute Gasteiger partial charge is 0.342 e. The average Bonchev–Trinajstić information content (AvgIpc) is 2.37. The summed E-state index contributed by atoms with van der Waals surface area (Å²) in [5, 5.41) is 15.1. The lowest BCUT2D eigenvalue weighted by atomic mass is 10.2. The number of carbonyl (C=O) groups excluding carboxylic acids is 1. The molecule has 1 heterocycles. The maximum Gasteiger partial charge on any atom is 0.345 e. The molecule has 0 saturated carbocycles. The molecule has 2 rings (SSSR count). The van der Waals surface area contributed by atoms with Gasteiger partial charge < -0.3 is 20.6 Å². The third-order valence-electron chi connectivity index (χ3n) is 2.45. The van der Waals surface area contributed by atoms with Gasteiger partial charge in [-0.3, -0.25) is 5.21 Å². The summed E-state index contributed by atoms with van der Waals surface area (Å²) in [6.45, 7) is 0. The van der Waals surface area contributed by atoms with Crippen molar-refractivity contribution < 1.29 is 10.0 Å². The van der Waals surface area contributed by atoms with Crippen LogP contribution >= 0.6 is 24.4 Å². The van der Waals surface area contributed by atoms with Gasteiger partial charge in [0.05, 0.1) is 0 Å². The topological polar surface area (TPSA) is 96.2 Å².